The molecule has 1 aliphatic heterocycles. The van der Waals surface area contributed by atoms with Gasteiger partial charge in [-0.25, -0.2) is 0 Å². The highest BCUT2D eigenvalue weighted by atomic mass is 16.2. The first-order valence-corrected chi connectivity index (χ1v) is 5.97. The van der Waals surface area contributed by atoms with E-state index in [9.17, 15) is 9.59 Å². The lowest BCUT2D eigenvalue weighted by Gasteiger charge is -2.32. The quantitative estimate of drug-likeness (QED) is 0.671. The van der Waals surface area contributed by atoms with Crippen molar-refractivity contribution in [3.05, 3.63) is 12.7 Å². The van der Waals surface area contributed by atoms with Gasteiger partial charge in [-0.05, 0) is 19.3 Å². The number of hydrogen-bond acceptors (Lipinski definition) is 3. The number of nitrogens with one attached hydrogen (secondary N) is 1. The Labute approximate surface area is 102 Å². The van der Waals surface area contributed by atoms with E-state index in [0.717, 1.165) is 0 Å². The zero-order chi connectivity index (χ0) is 12.8. The summed E-state index contributed by atoms with van der Waals surface area (Å²) >= 11 is 0. The normalized spacial score (nSPS) is 18.6. The molecule has 5 heteroatoms. The number of carbonyl (C=O) groups is 2. The third-order valence-corrected chi connectivity index (χ3v) is 3.16. The summed E-state index contributed by atoms with van der Waals surface area (Å²) in [7, 11) is 1.64. The van der Waals surface area contributed by atoms with Crippen LogP contribution in [0, 0.1) is 5.92 Å². The van der Waals surface area contributed by atoms with Gasteiger partial charge in [0.25, 0.3) is 0 Å². The molecule has 17 heavy (non-hydrogen) atoms. The van der Waals surface area contributed by atoms with Gasteiger partial charge in [0.1, 0.15) is 0 Å². The first-order valence-electron chi connectivity index (χ1n) is 5.97. The van der Waals surface area contributed by atoms with Gasteiger partial charge in [0.15, 0.2) is 0 Å². The summed E-state index contributed by atoms with van der Waals surface area (Å²) in [5.74, 6) is 0.0485. The van der Waals surface area contributed by atoms with E-state index >= 15 is 0 Å². The summed E-state index contributed by atoms with van der Waals surface area (Å²) in [6.45, 7) is 4.80. The molecule has 1 saturated heterocycles. The van der Waals surface area contributed by atoms with Crippen molar-refractivity contribution in [2.75, 3.05) is 20.1 Å². The smallest absolute Gasteiger partial charge is 0.239 e. The Bertz CT molecular complexity index is 296. The fourth-order valence-electron chi connectivity index (χ4n) is 2.08. The number of nitrogens with zero attached hydrogens (tertiary/aromatic N) is 1. The van der Waals surface area contributed by atoms with Crippen molar-refractivity contribution in [2.45, 2.75) is 25.3 Å². The number of carbonyl (C=O) groups excluding carboxylic acids is 2. The predicted octanol–water partition coefficient (Wildman–Crippen LogP) is -0.126. The van der Waals surface area contributed by atoms with Crippen molar-refractivity contribution in [1.29, 1.82) is 0 Å². The van der Waals surface area contributed by atoms with Crippen LogP contribution < -0.4 is 11.1 Å². The molecule has 0 radical (unpaired) electrons. The second kappa shape index (κ2) is 6.39. The van der Waals surface area contributed by atoms with Crippen molar-refractivity contribution in [2.24, 2.45) is 11.7 Å². The van der Waals surface area contributed by atoms with Gasteiger partial charge in [-0.1, -0.05) is 6.08 Å². The average molecular weight is 239 g/mol. The van der Waals surface area contributed by atoms with Gasteiger partial charge in [-0.2, -0.15) is 0 Å². The Balaban J connectivity index is 2.43. The van der Waals surface area contributed by atoms with Crippen molar-refractivity contribution in [3.8, 4) is 0 Å². The Morgan fingerprint density at radius 3 is 2.59 bits per heavy atom. The third kappa shape index (κ3) is 3.56. The van der Waals surface area contributed by atoms with E-state index in [0.29, 0.717) is 32.4 Å². The third-order valence-electron chi connectivity index (χ3n) is 3.16. The van der Waals surface area contributed by atoms with Crippen molar-refractivity contribution in [1.82, 2.24) is 10.2 Å². The first-order chi connectivity index (χ1) is 8.10. The molecule has 1 rings (SSSR count). The van der Waals surface area contributed by atoms with Gasteiger partial charge in [0.05, 0.1) is 6.04 Å². The van der Waals surface area contributed by atoms with Gasteiger partial charge in [-0.15, -0.1) is 6.58 Å². The molecule has 0 spiro atoms. The highest BCUT2D eigenvalue weighted by Crippen LogP contribution is 2.18. The maximum absolute atomic E-state index is 11.9. The highest BCUT2D eigenvalue weighted by Gasteiger charge is 2.28. The predicted molar refractivity (Wildman–Crippen MR) is 66.2 cm³/mol. The topological polar surface area (TPSA) is 75.4 Å². The Kier molecular flexibility index (Phi) is 5.15. The average Bonchev–Trinajstić information content (AvgIpc) is 2.37. The standard InChI is InChI=1S/C12H21N3O2/c1-3-4-10(13)12(17)15-7-5-9(6-8-15)11(16)14-2/h3,9-10H,1,4-8,13H2,2H3,(H,14,16). The summed E-state index contributed by atoms with van der Waals surface area (Å²) in [5, 5.41) is 2.64. The van der Waals surface area contributed by atoms with Crippen LogP contribution in [0.15, 0.2) is 12.7 Å². The van der Waals surface area contributed by atoms with E-state index in [1.54, 1.807) is 18.0 Å². The summed E-state index contributed by atoms with van der Waals surface area (Å²) in [4.78, 5) is 25.1. The first kappa shape index (κ1) is 13.7. The lowest BCUT2D eigenvalue weighted by Crippen LogP contribution is -2.48. The number of amides is 2. The Morgan fingerprint density at radius 1 is 1.53 bits per heavy atom. The van der Waals surface area contributed by atoms with Crippen molar-refractivity contribution >= 4 is 11.8 Å². The summed E-state index contributed by atoms with van der Waals surface area (Å²) in [6, 6.07) is -0.496. The van der Waals surface area contributed by atoms with Crippen LogP contribution in [0.25, 0.3) is 0 Å². The minimum Gasteiger partial charge on any atom is -0.359 e. The van der Waals surface area contributed by atoms with Gasteiger partial charge in [0.2, 0.25) is 11.8 Å². The number of nitrogens with two attached hydrogens (primary N) is 1. The molecule has 0 bridgehead atoms. The van der Waals surface area contributed by atoms with Crippen LogP contribution >= 0.6 is 0 Å². The van der Waals surface area contributed by atoms with E-state index in [1.165, 1.54) is 0 Å². The zero-order valence-corrected chi connectivity index (χ0v) is 10.3. The molecule has 5 nitrogen and oxygen atoms in total. The van der Waals surface area contributed by atoms with Crippen molar-refractivity contribution in [3.63, 3.8) is 0 Å². The van der Waals surface area contributed by atoms with Crippen LogP contribution in [0.5, 0.6) is 0 Å². The largest absolute Gasteiger partial charge is 0.359 e. The number of piperidine rings is 1. The van der Waals surface area contributed by atoms with Gasteiger partial charge in [-0.3, -0.25) is 9.59 Å². The second-order valence-electron chi connectivity index (χ2n) is 4.34. The molecule has 0 aromatic heterocycles. The SMILES string of the molecule is C=CCC(N)C(=O)N1CCC(C(=O)NC)CC1. The highest BCUT2D eigenvalue weighted by molar-refractivity contribution is 5.82. The molecular weight excluding hydrogens is 218 g/mol. The molecule has 1 heterocycles. The van der Waals surface area contributed by atoms with Crippen LogP contribution in [0.3, 0.4) is 0 Å². The fourth-order valence-corrected chi connectivity index (χ4v) is 2.08. The van der Waals surface area contributed by atoms with E-state index in [2.05, 4.69) is 11.9 Å². The molecule has 0 saturated carbocycles. The molecule has 1 aliphatic rings. The van der Waals surface area contributed by atoms with E-state index in [1.807, 2.05) is 0 Å². The van der Waals surface area contributed by atoms with Crippen LogP contribution in [0.2, 0.25) is 0 Å². The summed E-state index contributed by atoms with van der Waals surface area (Å²) in [5.41, 5.74) is 5.74. The molecule has 0 aliphatic carbocycles. The van der Waals surface area contributed by atoms with Crippen LogP contribution in [0.4, 0.5) is 0 Å². The lowest BCUT2D eigenvalue weighted by atomic mass is 9.95. The Morgan fingerprint density at radius 2 is 2.12 bits per heavy atom. The maximum atomic E-state index is 11.9. The second-order valence-corrected chi connectivity index (χ2v) is 4.34. The molecular formula is C12H21N3O2. The minimum atomic E-state index is -0.496. The molecule has 0 aromatic rings. The molecule has 1 fully saturated rings. The summed E-state index contributed by atoms with van der Waals surface area (Å²) in [6.07, 6.45) is 3.58. The molecule has 3 N–H and O–H groups in total. The molecule has 0 aromatic carbocycles. The molecule has 96 valence electrons. The van der Waals surface area contributed by atoms with Gasteiger partial charge >= 0.3 is 0 Å². The molecule has 1 unspecified atom stereocenters. The molecule has 1 atom stereocenters. The van der Waals surface area contributed by atoms with Crippen LogP contribution in [0.1, 0.15) is 19.3 Å². The fraction of sp³-hybridized carbons (Fsp3) is 0.667. The Hall–Kier alpha value is -1.36. The van der Waals surface area contributed by atoms with Crippen LogP contribution in [-0.4, -0.2) is 42.9 Å². The zero-order valence-electron chi connectivity index (χ0n) is 10.3. The van der Waals surface area contributed by atoms with Gasteiger partial charge in [0, 0.05) is 26.1 Å². The van der Waals surface area contributed by atoms with E-state index in [-0.39, 0.29) is 17.7 Å². The molecule has 2 amide bonds. The number of likely N-dealkylation sites (tertiary alicyclic amines) is 1. The van der Waals surface area contributed by atoms with E-state index < -0.39 is 6.04 Å². The minimum absolute atomic E-state index is 0.0275. The van der Waals surface area contributed by atoms with Crippen LogP contribution in [-0.2, 0) is 9.59 Å². The number of hydrogen-bond donors (Lipinski definition) is 2. The lowest BCUT2D eigenvalue weighted by molar-refractivity contribution is -0.136. The van der Waals surface area contributed by atoms with E-state index in [4.69, 9.17) is 5.73 Å². The van der Waals surface area contributed by atoms with Gasteiger partial charge < -0.3 is 16.0 Å². The van der Waals surface area contributed by atoms with Crippen molar-refractivity contribution < 1.29 is 9.59 Å². The monoisotopic (exact) mass is 239 g/mol. The number of rotatable bonds is 4. The maximum Gasteiger partial charge on any atom is 0.239 e. The summed E-state index contributed by atoms with van der Waals surface area (Å²) < 4.78 is 0.